The Labute approximate surface area is 128 Å². The number of nitro benzene ring substituents is 1. The zero-order chi connectivity index (χ0) is 15.9. The molecule has 1 aromatic carbocycles. The molecule has 1 saturated heterocycles. The highest BCUT2D eigenvalue weighted by Gasteiger charge is 2.25. The number of nitro groups is 1. The van der Waals surface area contributed by atoms with Gasteiger partial charge in [-0.1, -0.05) is 12.1 Å². The van der Waals surface area contributed by atoms with Gasteiger partial charge in [-0.05, 0) is 31.2 Å². The molecule has 1 aromatic rings. The lowest BCUT2D eigenvalue weighted by Gasteiger charge is -2.15. The lowest BCUT2D eigenvalue weighted by atomic mass is 10.1. The fourth-order valence-electron chi connectivity index (χ4n) is 2.37. The summed E-state index contributed by atoms with van der Waals surface area (Å²) in [6.45, 7) is 1.24. The number of aryl methyl sites for hydroxylation is 1. The molecule has 0 radical (unpaired) electrons. The van der Waals surface area contributed by atoms with Crippen LogP contribution in [0.1, 0.15) is 24.8 Å². The molecule has 2 rings (SSSR count). The number of β-amino-alcohol motifs (C(OH)–C–C–N with tert-alkyl or cyclic N) is 1. The van der Waals surface area contributed by atoms with E-state index in [1.165, 1.54) is 17.0 Å². The number of aliphatic hydroxyl groups excluding tert-OH is 1. The smallest absolute Gasteiger partial charge is 0.409 e. The van der Waals surface area contributed by atoms with Gasteiger partial charge < -0.3 is 14.7 Å². The van der Waals surface area contributed by atoms with Gasteiger partial charge in [-0.25, -0.2) is 4.79 Å². The average Bonchev–Trinajstić information content (AvgIpc) is 2.94. The molecule has 0 spiro atoms. The van der Waals surface area contributed by atoms with Crippen LogP contribution < -0.4 is 0 Å². The van der Waals surface area contributed by atoms with Gasteiger partial charge in [0.15, 0.2) is 0 Å². The zero-order valence-corrected chi connectivity index (χ0v) is 12.3. The summed E-state index contributed by atoms with van der Waals surface area (Å²) in [7, 11) is 0. The number of likely N-dealkylation sites (tertiary alicyclic amines) is 1. The van der Waals surface area contributed by atoms with Crippen LogP contribution in [0.2, 0.25) is 0 Å². The molecule has 1 fully saturated rings. The van der Waals surface area contributed by atoms with Crippen LogP contribution in [0.4, 0.5) is 10.5 Å². The van der Waals surface area contributed by atoms with Gasteiger partial charge in [0, 0.05) is 25.2 Å². The van der Waals surface area contributed by atoms with E-state index in [4.69, 9.17) is 4.74 Å². The van der Waals surface area contributed by atoms with Crippen molar-refractivity contribution < 1.29 is 19.6 Å². The van der Waals surface area contributed by atoms with Gasteiger partial charge >= 0.3 is 6.09 Å². The number of benzene rings is 1. The van der Waals surface area contributed by atoms with E-state index in [0.717, 1.165) is 24.8 Å². The van der Waals surface area contributed by atoms with Gasteiger partial charge in [0.05, 0.1) is 17.6 Å². The Balaban J connectivity index is 1.61. The molecule has 7 nitrogen and oxygen atoms in total. The van der Waals surface area contributed by atoms with Crippen molar-refractivity contribution in [2.45, 2.75) is 31.8 Å². The molecule has 1 aliphatic heterocycles. The molecule has 1 unspecified atom stereocenters. The Morgan fingerprint density at radius 1 is 1.36 bits per heavy atom. The minimum Gasteiger partial charge on any atom is -0.449 e. The second kappa shape index (κ2) is 7.74. The first kappa shape index (κ1) is 16.2. The van der Waals surface area contributed by atoms with Gasteiger partial charge in [0.1, 0.15) is 0 Å². The molecule has 0 saturated carbocycles. The monoisotopic (exact) mass is 308 g/mol. The number of carbonyl (C=O) groups excluding carboxylic acids is 1. The van der Waals surface area contributed by atoms with Crippen molar-refractivity contribution >= 4 is 11.8 Å². The zero-order valence-electron chi connectivity index (χ0n) is 12.3. The predicted octanol–water partition coefficient (Wildman–Crippen LogP) is 2.12. The maximum atomic E-state index is 11.7. The molecule has 0 aliphatic carbocycles. The molecule has 1 heterocycles. The Morgan fingerprint density at radius 3 is 2.68 bits per heavy atom. The van der Waals surface area contributed by atoms with Crippen molar-refractivity contribution in [3.8, 4) is 0 Å². The minimum absolute atomic E-state index is 0.0884. The van der Waals surface area contributed by atoms with Gasteiger partial charge in [-0.3, -0.25) is 10.1 Å². The molecular formula is C15H20N2O5. The summed E-state index contributed by atoms with van der Waals surface area (Å²) in [4.78, 5) is 23.3. The van der Waals surface area contributed by atoms with Crippen LogP contribution in [-0.2, 0) is 11.2 Å². The fourth-order valence-corrected chi connectivity index (χ4v) is 2.37. The predicted molar refractivity (Wildman–Crippen MR) is 79.6 cm³/mol. The summed E-state index contributed by atoms with van der Waals surface area (Å²) in [5.74, 6) is 0. The molecule has 120 valence electrons. The van der Waals surface area contributed by atoms with Crippen LogP contribution >= 0.6 is 0 Å². The molecule has 1 atom stereocenters. The Bertz CT molecular complexity index is 517. The number of hydrogen-bond acceptors (Lipinski definition) is 5. The van der Waals surface area contributed by atoms with Crippen molar-refractivity contribution in [2.75, 3.05) is 19.7 Å². The molecule has 1 N–H and O–H groups in total. The number of ether oxygens (including phenoxy) is 1. The first-order valence-electron chi connectivity index (χ1n) is 7.39. The average molecular weight is 308 g/mol. The fraction of sp³-hybridized carbons (Fsp3) is 0.533. The summed E-state index contributed by atoms with van der Waals surface area (Å²) in [6.07, 6.45) is 2.17. The molecule has 7 heteroatoms. The van der Waals surface area contributed by atoms with Crippen LogP contribution in [0, 0.1) is 10.1 Å². The normalized spacial score (nSPS) is 17.5. The van der Waals surface area contributed by atoms with Crippen molar-refractivity contribution in [3.63, 3.8) is 0 Å². The van der Waals surface area contributed by atoms with Gasteiger partial charge in [-0.15, -0.1) is 0 Å². The number of nitrogens with zero attached hydrogens (tertiary/aromatic N) is 2. The second-order valence-corrected chi connectivity index (χ2v) is 5.38. The first-order valence-corrected chi connectivity index (χ1v) is 7.39. The third-order valence-electron chi connectivity index (χ3n) is 3.65. The molecule has 1 amide bonds. The van der Waals surface area contributed by atoms with E-state index in [1.54, 1.807) is 12.1 Å². The molecule has 0 aromatic heterocycles. The summed E-state index contributed by atoms with van der Waals surface area (Å²) in [5, 5.41) is 19.9. The van der Waals surface area contributed by atoms with E-state index < -0.39 is 11.0 Å². The van der Waals surface area contributed by atoms with E-state index in [1.807, 2.05) is 0 Å². The van der Waals surface area contributed by atoms with Crippen LogP contribution in [0.3, 0.4) is 0 Å². The number of rotatable bonds is 6. The standard InChI is InChI=1S/C15H20N2O5/c18-14-8-9-16(11-14)15(19)22-10-2-1-3-12-4-6-13(7-5-12)17(20)21/h4-7,14,18H,1-3,8-11H2. The number of amides is 1. The number of hydrogen-bond donors (Lipinski definition) is 1. The van der Waals surface area contributed by atoms with Crippen molar-refractivity contribution in [1.29, 1.82) is 0 Å². The van der Waals surface area contributed by atoms with Crippen LogP contribution in [-0.4, -0.2) is 46.8 Å². The molecule has 0 bridgehead atoms. The number of unbranched alkanes of at least 4 members (excludes halogenated alkanes) is 1. The largest absolute Gasteiger partial charge is 0.449 e. The Hall–Kier alpha value is -2.15. The number of non-ortho nitro benzene ring substituents is 1. The van der Waals surface area contributed by atoms with E-state index in [2.05, 4.69) is 0 Å². The van der Waals surface area contributed by atoms with E-state index in [-0.39, 0.29) is 11.8 Å². The highest BCUT2D eigenvalue weighted by Crippen LogP contribution is 2.14. The number of aliphatic hydroxyl groups is 1. The topological polar surface area (TPSA) is 92.9 Å². The minimum atomic E-state index is -0.435. The van der Waals surface area contributed by atoms with E-state index >= 15 is 0 Å². The summed E-state index contributed by atoms with van der Waals surface area (Å²) < 4.78 is 5.15. The first-order chi connectivity index (χ1) is 10.6. The van der Waals surface area contributed by atoms with Crippen molar-refractivity contribution in [3.05, 3.63) is 39.9 Å². The third kappa shape index (κ3) is 4.70. The third-order valence-corrected chi connectivity index (χ3v) is 3.65. The SMILES string of the molecule is O=C(OCCCCc1ccc([N+](=O)[O-])cc1)N1CCC(O)C1. The van der Waals surface area contributed by atoms with Gasteiger partial charge in [0.25, 0.3) is 5.69 Å². The highest BCUT2D eigenvalue weighted by molar-refractivity contribution is 5.67. The molecule has 22 heavy (non-hydrogen) atoms. The molecular weight excluding hydrogens is 288 g/mol. The van der Waals surface area contributed by atoms with E-state index in [9.17, 15) is 20.0 Å². The highest BCUT2D eigenvalue weighted by atomic mass is 16.6. The van der Waals surface area contributed by atoms with Gasteiger partial charge in [0.2, 0.25) is 0 Å². The summed E-state index contributed by atoms with van der Waals surface area (Å²) in [6, 6.07) is 6.48. The van der Waals surface area contributed by atoms with E-state index in [0.29, 0.717) is 26.1 Å². The summed E-state index contributed by atoms with van der Waals surface area (Å²) >= 11 is 0. The van der Waals surface area contributed by atoms with Crippen molar-refractivity contribution in [2.24, 2.45) is 0 Å². The Kier molecular flexibility index (Phi) is 5.71. The second-order valence-electron chi connectivity index (χ2n) is 5.38. The van der Waals surface area contributed by atoms with Crippen LogP contribution in [0.5, 0.6) is 0 Å². The Morgan fingerprint density at radius 2 is 2.09 bits per heavy atom. The molecule has 1 aliphatic rings. The number of carbonyl (C=O) groups is 1. The maximum absolute atomic E-state index is 11.7. The maximum Gasteiger partial charge on any atom is 0.409 e. The lowest BCUT2D eigenvalue weighted by Crippen LogP contribution is -2.30. The summed E-state index contributed by atoms with van der Waals surface area (Å²) in [5.41, 5.74) is 1.12. The quantitative estimate of drug-likeness (QED) is 0.493. The lowest BCUT2D eigenvalue weighted by molar-refractivity contribution is -0.384. The van der Waals surface area contributed by atoms with Crippen LogP contribution in [0.25, 0.3) is 0 Å². The van der Waals surface area contributed by atoms with Crippen LogP contribution in [0.15, 0.2) is 24.3 Å². The van der Waals surface area contributed by atoms with Gasteiger partial charge in [-0.2, -0.15) is 0 Å². The van der Waals surface area contributed by atoms with Crippen molar-refractivity contribution in [1.82, 2.24) is 4.90 Å².